The van der Waals surface area contributed by atoms with Gasteiger partial charge >= 0.3 is 0 Å². The standard InChI is InChI=1S/C19H33FN4O2S/c1-14(2)24(15(3)4)10-9-22-19(21-5)23-12-17-11-18(20)8-7-16(17)13-27(6,25)26/h7-8,11,14-15H,9-10,12-13H2,1-6H3,(H2,21,22,23). The molecule has 0 saturated carbocycles. The Morgan fingerprint density at radius 2 is 1.78 bits per heavy atom. The van der Waals surface area contributed by atoms with Gasteiger partial charge in [0.05, 0.1) is 5.75 Å². The fraction of sp³-hybridized carbons (Fsp3) is 0.632. The van der Waals surface area contributed by atoms with E-state index in [1.807, 2.05) is 0 Å². The van der Waals surface area contributed by atoms with E-state index in [0.717, 1.165) is 13.1 Å². The maximum Gasteiger partial charge on any atom is 0.191 e. The van der Waals surface area contributed by atoms with Crippen molar-refractivity contribution in [2.45, 2.75) is 52.1 Å². The Balaban J connectivity index is 2.69. The van der Waals surface area contributed by atoms with Crippen molar-refractivity contribution in [3.63, 3.8) is 0 Å². The Labute approximate surface area is 163 Å². The van der Waals surface area contributed by atoms with Crippen molar-refractivity contribution in [2.24, 2.45) is 4.99 Å². The van der Waals surface area contributed by atoms with Crippen LogP contribution in [0.1, 0.15) is 38.8 Å². The van der Waals surface area contributed by atoms with E-state index in [1.54, 1.807) is 7.05 Å². The summed E-state index contributed by atoms with van der Waals surface area (Å²) >= 11 is 0. The average Bonchev–Trinajstić information content (AvgIpc) is 2.54. The third-order valence-electron chi connectivity index (χ3n) is 4.24. The predicted octanol–water partition coefficient (Wildman–Crippen LogP) is 2.15. The summed E-state index contributed by atoms with van der Waals surface area (Å²) in [6, 6.07) is 5.07. The number of hydrogen-bond acceptors (Lipinski definition) is 4. The minimum Gasteiger partial charge on any atom is -0.355 e. The van der Waals surface area contributed by atoms with E-state index in [2.05, 4.69) is 48.2 Å². The molecule has 1 aromatic rings. The van der Waals surface area contributed by atoms with Gasteiger partial charge in [0, 0.05) is 45.0 Å². The number of hydrogen-bond donors (Lipinski definition) is 2. The van der Waals surface area contributed by atoms with Gasteiger partial charge in [0.25, 0.3) is 0 Å². The van der Waals surface area contributed by atoms with Crippen LogP contribution in [0.25, 0.3) is 0 Å². The van der Waals surface area contributed by atoms with Gasteiger partial charge in [0.2, 0.25) is 0 Å². The van der Waals surface area contributed by atoms with Gasteiger partial charge in [0.15, 0.2) is 15.8 Å². The smallest absolute Gasteiger partial charge is 0.191 e. The van der Waals surface area contributed by atoms with E-state index >= 15 is 0 Å². The van der Waals surface area contributed by atoms with Crippen molar-refractivity contribution in [2.75, 3.05) is 26.4 Å². The van der Waals surface area contributed by atoms with Crippen molar-refractivity contribution in [1.29, 1.82) is 0 Å². The highest BCUT2D eigenvalue weighted by Crippen LogP contribution is 2.14. The van der Waals surface area contributed by atoms with Crippen molar-refractivity contribution in [3.05, 3.63) is 35.1 Å². The van der Waals surface area contributed by atoms with Gasteiger partial charge in [-0.3, -0.25) is 9.89 Å². The number of halogens is 1. The zero-order chi connectivity index (χ0) is 20.6. The SMILES string of the molecule is CN=C(NCCN(C(C)C)C(C)C)NCc1cc(F)ccc1CS(C)(=O)=O. The van der Waals surface area contributed by atoms with Crippen LogP contribution < -0.4 is 10.6 Å². The zero-order valence-corrected chi connectivity index (χ0v) is 18.0. The van der Waals surface area contributed by atoms with Crippen molar-refractivity contribution in [3.8, 4) is 0 Å². The first-order valence-corrected chi connectivity index (χ1v) is 11.2. The first-order valence-electron chi connectivity index (χ1n) is 9.18. The predicted molar refractivity (Wildman–Crippen MR) is 110 cm³/mol. The molecule has 0 aliphatic rings. The minimum atomic E-state index is -3.20. The van der Waals surface area contributed by atoms with Gasteiger partial charge in [-0.2, -0.15) is 0 Å². The molecule has 0 bridgehead atoms. The van der Waals surface area contributed by atoms with Crippen LogP contribution in [0.2, 0.25) is 0 Å². The maximum atomic E-state index is 13.6. The molecule has 154 valence electrons. The molecular formula is C19H33FN4O2S. The van der Waals surface area contributed by atoms with Crippen molar-refractivity contribution >= 4 is 15.8 Å². The topological polar surface area (TPSA) is 73.8 Å². The van der Waals surface area contributed by atoms with E-state index in [4.69, 9.17) is 0 Å². The van der Waals surface area contributed by atoms with Crippen LogP contribution in [0.5, 0.6) is 0 Å². The highest BCUT2D eigenvalue weighted by molar-refractivity contribution is 7.89. The zero-order valence-electron chi connectivity index (χ0n) is 17.2. The fourth-order valence-corrected chi connectivity index (χ4v) is 3.84. The molecular weight excluding hydrogens is 367 g/mol. The van der Waals surface area contributed by atoms with Crippen LogP contribution >= 0.6 is 0 Å². The molecule has 0 heterocycles. The molecule has 0 atom stereocenters. The number of nitrogens with zero attached hydrogens (tertiary/aromatic N) is 2. The molecule has 8 heteroatoms. The van der Waals surface area contributed by atoms with Gasteiger partial charge in [-0.1, -0.05) is 6.07 Å². The van der Waals surface area contributed by atoms with Crippen LogP contribution in [-0.4, -0.2) is 57.8 Å². The Morgan fingerprint density at radius 3 is 2.30 bits per heavy atom. The lowest BCUT2D eigenvalue weighted by Gasteiger charge is -2.30. The summed E-state index contributed by atoms with van der Waals surface area (Å²) in [4.78, 5) is 6.55. The maximum absolute atomic E-state index is 13.6. The number of aliphatic imine (C=N–C) groups is 1. The van der Waals surface area contributed by atoms with Crippen molar-refractivity contribution < 1.29 is 12.8 Å². The molecule has 0 aliphatic carbocycles. The minimum absolute atomic E-state index is 0.117. The molecule has 0 spiro atoms. The second kappa shape index (κ2) is 10.6. The monoisotopic (exact) mass is 400 g/mol. The van der Waals surface area contributed by atoms with Crippen LogP contribution in [0.15, 0.2) is 23.2 Å². The number of sulfone groups is 1. The molecule has 0 fully saturated rings. The van der Waals surface area contributed by atoms with Gasteiger partial charge < -0.3 is 10.6 Å². The average molecular weight is 401 g/mol. The molecule has 2 N–H and O–H groups in total. The molecule has 0 radical (unpaired) electrons. The molecule has 1 aromatic carbocycles. The molecule has 0 unspecified atom stereocenters. The largest absolute Gasteiger partial charge is 0.355 e. The normalized spacial score (nSPS) is 12.9. The van der Waals surface area contributed by atoms with E-state index < -0.39 is 15.7 Å². The summed E-state index contributed by atoms with van der Waals surface area (Å²) in [5.74, 6) is 0.0853. The van der Waals surface area contributed by atoms with E-state index in [0.29, 0.717) is 35.7 Å². The molecule has 1 rings (SSSR count). The highest BCUT2D eigenvalue weighted by atomic mass is 32.2. The summed E-state index contributed by atoms with van der Waals surface area (Å²) < 4.78 is 36.8. The Bertz CT molecular complexity index is 725. The second-order valence-electron chi connectivity index (χ2n) is 7.26. The van der Waals surface area contributed by atoms with Gasteiger partial charge in [-0.05, 0) is 51.0 Å². The molecule has 0 aliphatic heterocycles. The molecule has 0 amide bonds. The highest BCUT2D eigenvalue weighted by Gasteiger charge is 2.13. The second-order valence-corrected chi connectivity index (χ2v) is 9.40. The van der Waals surface area contributed by atoms with Crippen LogP contribution in [0.3, 0.4) is 0 Å². The lowest BCUT2D eigenvalue weighted by molar-refractivity contribution is 0.178. The first-order chi connectivity index (χ1) is 12.5. The van der Waals surface area contributed by atoms with Gasteiger partial charge in [0.1, 0.15) is 5.82 Å². The quantitative estimate of drug-likeness (QED) is 0.491. The number of benzene rings is 1. The van der Waals surface area contributed by atoms with Crippen LogP contribution in [0.4, 0.5) is 4.39 Å². The molecule has 6 nitrogen and oxygen atoms in total. The molecule has 27 heavy (non-hydrogen) atoms. The Kier molecular flexibility index (Phi) is 9.18. The van der Waals surface area contributed by atoms with Crippen LogP contribution in [-0.2, 0) is 22.1 Å². The summed E-state index contributed by atoms with van der Waals surface area (Å²) in [7, 11) is -1.53. The van der Waals surface area contributed by atoms with Gasteiger partial charge in [-0.25, -0.2) is 12.8 Å². The third kappa shape index (κ3) is 8.71. The lowest BCUT2D eigenvalue weighted by Crippen LogP contribution is -2.45. The van der Waals surface area contributed by atoms with E-state index in [9.17, 15) is 12.8 Å². The van der Waals surface area contributed by atoms with Gasteiger partial charge in [-0.15, -0.1) is 0 Å². The lowest BCUT2D eigenvalue weighted by atomic mass is 10.1. The third-order valence-corrected chi connectivity index (χ3v) is 5.08. The number of guanidine groups is 1. The number of nitrogens with one attached hydrogen (secondary N) is 2. The Hall–Kier alpha value is -1.67. The molecule has 0 saturated heterocycles. The first kappa shape index (κ1) is 23.4. The van der Waals surface area contributed by atoms with E-state index in [1.165, 1.54) is 24.5 Å². The summed E-state index contributed by atoms with van der Waals surface area (Å²) in [5, 5.41) is 6.38. The van der Waals surface area contributed by atoms with Crippen molar-refractivity contribution in [1.82, 2.24) is 15.5 Å². The van der Waals surface area contributed by atoms with E-state index in [-0.39, 0.29) is 5.75 Å². The fourth-order valence-electron chi connectivity index (χ4n) is 3.00. The summed E-state index contributed by atoms with van der Waals surface area (Å²) in [6.45, 7) is 10.5. The Morgan fingerprint density at radius 1 is 1.15 bits per heavy atom. The summed E-state index contributed by atoms with van der Waals surface area (Å²) in [6.07, 6.45) is 1.17. The van der Waals surface area contributed by atoms with Crippen LogP contribution in [0, 0.1) is 5.82 Å². The number of rotatable bonds is 9. The summed E-state index contributed by atoms with van der Waals surface area (Å²) in [5.41, 5.74) is 1.20. The molecule has 0 aromatic heterocycles.